The highest BCUT2D eigenvalue weighted by Crippen LogP contribution is 2.31. The number of hydrogen-bond acceptors (Lipinski definition) is 2. The number of terminal acetylenes is 1. The van der Waals surface area contributed by atoms with Gasteiger partial charge in [-0.2, -0.15) is 13.2 Å². The zero-order valence-electron chi connectivity index (χ0n) is 11.6. The Morgan fingerprint density at radius 2 is 1.55 bits per heavy atom. The molecule has 114 valence electrons. The predicted molar refractivity (Wildman–Crippen MR) is 79.1 cm³/mol. The third-order valence-corrected chi connectivity index (χ3v) is 3.32. The number of halogens is 3. The third kappa shape index (κ3) is 3.23. The lowest BCUT2D eigenvalue weighted by molar-refractivity contribution is -0.137. The molecule has 0 bridgehead atoms. The molecule has 0 aliphatic rings. The molecule has 0 heterocycles. The van der Waals surface area contributed by atoms with Crippen LogP contribution in [0.3, 0.4) is 0 Å². The Balaban J connectivity index is 2.32. The van der Waals surface area contributed by atoms with Crippen LogP contribution in [0.25, 0.3) is 0 Å². The Morgan fingerprint density at radius 1 is 0.955 bits per heavy atom. The van der Waals surface area contributed by atoms with Gasteiger partial charge in [-0.15, -0.1) is 6.42 Å². The zero-order valence-corrected chi connectivity index (χ0v) is 11.6. The Labute approximate surface area is 126 Å². The Bertz CT molecular complexity index is 659. The minimum Gasteiger partial charge on any atom is -0.393 e. The van der Waals surface area contributed by atoms with Crippen LogP contribution in [0.15, 0.2) is 54.6 Å². The maximum Gasteiger partial charge on any atom is 0.416 e. The molecule has 0 radical (unpaired) electrons. The third-order valence-electron chi connectivity index (χ3n) is 3.32. The molecular weight excluding hydrogens is 291 g/mol. The SMILES string of the molecule is C#C[C@@](CO)(Nc1ccc(C(F)(F)F)cc1)c1ccccc1. The first kappa shape index (κ1) is 15.9. The van der Waals surface area contributed by atoms with Crippen molar-refractivity contribution >= 4 is 5.69 Å². The molecule has 2 aromatic rings. The Kier molecular flexibility index (Phi) is 4.43. The molecule has 22 heavy (non-hydrogen) atoms. The molecule has 0 aliphatic carbocycles. The summed E-state index contributed by atoms with van der Waals surface area (Å²) in [5.74, 6) is 2.49. The number of aliphatic hydroxyl groups is 1. The van der Waals surface area contributed by atoms with E-state index in [1.165, 1.54) is 12.1 Å². The summed E-state index contributed by atoms with van der Waals surface area (Å²) in [5, 5.41) is 12.6. The van der Waals surface area contributed by atoms with E-state index in [2.05, 4.69) is 11.2 Å². The minimum absolute atomic E-state index is 0.392. The fraction of sp³-hybridized carbons (Fsp3) is 0.176. The van der Waals surface area contributed by atoms with Crippen LogP contribution in [0, 0.1) is 12.3 Å². The Hall–Kier alpha value is -2.45. The highest BCUT2D eigenvalue weighted by Gasteiger charge is 2.31. The van der Waals surface area contributed by atoms with Gasteiger partial charge in [0.05, 0.1) is 12.2 Å². The maximum atomic E-state index is 12.6. The average molecular weight is 305 g/mol. The van der Waals surface area contributed by atoms with E-state index in [-0.39, 0.29) is 0 Å². The molecule has 5 heteroatoms. The van der Waals surface area contributed by atoms with Crippen LogP contribution in [0.2, 0.25) is 0 Å². The number of hydrogen-bond donors (Lipinski definition) is 2. The van der Waals surface area contributed by atoms with Crippen molar-refractivity contribution in [1.82, 2.24) is 0 Å². The molecule has 0 fully saturated rings. The van der Waals surface area contributed by atoms with E-state index < -0.39 is 23.9 Å². The topological polar surface area (TPSA) is 32.3 Å². The Morgan fingerprint density at radius 3 is 2.00 bits per heavy atom. The van der Waals surface area contributed by atoms with E-state index in [1.807, 2.05) is 0 Å². The van der Waals surface area contributed by atoms with E-state index in [0.717, 1.165) is 12.1 Å². The van der Waals surface area contributed by atoms with E-state index in [0.29, 0.717) is 11.3 Å². The van der Waals surface area contributed by atoms with Crippen molar-refractivity contribution in [2.75, 3.05) is 11.9 Å². The van der Waals surface area contributed by atoms with Crippen molar-refractivity contribution in [3.05, 3.63) is 65.7 Å². The van der Waals surface area contributed by atoms with Crippen LogP contribution in [-0.2, 0) is 11.7 Å². The molecule has 0 amide bonds. The summed E-state index contributed by atoms with van der Waals surface area (Å²) < 4.78 is 37.7. The van der Waals surface area contributed by atoms with Crippen molar-refractivity contribution in [2.45, 2.75) is 11.7 Å². The minimum atomic E-state index is -4.39. The summed E-state index contributed by atoms with van der Waals surface area (Å²) in [4.78, 5) is 0. The monoisotopic (exact) mass is 305 g/mol. The van der Waals surface area contributed by atoms with Crippen molar-refractivity contribution in [3.63, 3.8) is 0 Å². The normalized spacial score (nSPS) is 14.0. The van der Waals surface area contributed by atoms with E-state index in [1.54, 1.807) is 30.3 Å². The zero-order chi connectivity index (χ0) is 16.2. The number of rotatable bonds is 4. The largest absolute Gasteiger partial charge is 0.416 e. The summed E-state index contributed by atoms with van der Waals surface area (Å²) in [7, 11) is 0. The van der Waals surface area contributed by atoms with Gasteiger partial charge in [0.25, 0.3) is 0 Å². The summed E-state index contributed by atoms with van der Waals surface area (Å²) >= 11 is 0. The van der Waals surface area contributed by atoms with Gasteiger partial charge in [-0.25, -0.2) is 0 Å². The average Bonchev–Trinajstić information content (AvgIpc) is 2.53. The van der Waals surface area contributed by atoms with Crippen LogP contribution < -0.4 is 5.32 Å². The molecule has 2 N–H and O–H groups in total. The summed E-state index contributed by atoms with van der Waals surface area (Å²) in [6.07, 6.45) is 1.15. The van der Waals surface area contributed by atoms with Crippen molar-refractivity contribution < 1.29 is 18.3 Å². The molecule has 0 aromatic heterocycles. The highest BCUT2D eigenvalue weighted by molar-refractivity contribution is 5.53. The fourth-order valence-electron chi connectivity index (χ4n) is 2.08. The summed E-state index contributed by atoms with van der Waals surface area (Å²) in [6.45, 7) is -0.394. The second-order valence-electron chi connectivity index (χ2n) is 4.77. The first-order valence-electron chi connectivity index (χ1n) is 6.51. The van der Waals surface area contributed by atoms with Gasteiger partial charge in [-0.1, -0.05) is 36.3 Å². The van der Waals surface area contributed by atoms with Crippen LogP contribution in [-0.4, -0.2) is 11.7 Å². The van der Waals surface area contributed by atoms with Gasteiger partial charge >= 0.3 is 6.18 Å². The van der Waals surface area contributed by atoms with Crippen LogP contribution in [0.1, 0.15) is 11.1 Å². The molecule has 2 aromatic carbocycles. The molecule has 2 rings (SSSR count). The lowest BCUT2D eigenvalue weighted by atomic mass is 9.91. The lowest BCUT2D eigenvalue weighted by Crippen LogP contribution is -2.37. The quantitative estimate of drug-likeness (QED) is 0.845. The molecule has 0 saturated heterocycles. The second-order valence-corrected chi connectivity index (χ2v) is 4.77. The fourth-order valence-corrected chi connectivity index (χ4v) is 2.08. The van der Waals surface area contributed by atoms with Gasteiger partial charge < -0.3 is 10.4 Å². The molecule has 0 aliphatic heterocycles. The molecular formula is C17H14F3NO. The van der Waals surface area contributed by atoms with Gasteiger partial charge in [0.1, 0.15) is 5.54 Å². The molecule has 0 unspecified atom stereocenters. The smallest absolute Gasteiger partial charge is 0.393 e. The first-order chi connectivity index (χ1) is 10.4. The molecule has 1 atom stereocenters. The highest BCUT2D eigenvalue weighted by atomic mass is 19.4. The van der Waals surface area contributed by atoms with Gasteiger partial charge in [0.15, 0.2) is 0 Å². The van der Waals surface area contributed by atoms with E-state index in [4.69, 9.17) is 6.42 Å². The van der Waals surface area contributed by atoms with Gasteiger partial charge in [0.2, 0.25) is 0 Å². The molecule has 0 saturated carbocycles. The lowest BCUT2D eigenvalue weighted by Gasteiger charge is -2.29. The summed E-state index contributed by atoms with van der Waals surface area (Å²) in [5.41, 5.74) is -0.891. The number of alkyl halides is 3. The van der Waals surface area contributed by atoms with Gasteiger partial charge in [-0.3, -0.25) is 0 Å². The van der Waals surface area contributed by atoms with Gasteiger partial charge in [0, 0.05) is 5.69 Å². The second kappa shape index (κ2) is 6.12. The van der Waals surface area contributed by atoms with Crippen LogP contribution in [0.5, 0.6) is 0 Å². The van der Waals surface area contributed by atoms with Crippen LogP contribution >= 0.6 is 0 Å². The number of benzene rings is 2. The van der Waals surface area contributed by atoms with Crippen molar-refractivity contribution in [1.29, 1.82) is 0 Å². The van der Waals surface area contributed by atoms with E-state index >= 15 is 0 Å². The van der Waals surface area contributed by atoms with E-state index in [9.17, 15) is 18.3 Å². The predicted octanol–water partition coefficient (Wildman–Crippen LogP) is 3.64. The molecule has 2 nitrogen and oxygen atoms in total. The van der Waals surface area contributed by atoms with Crippen molar-refractivity contribution in [2.24, 2.45) is 0 Å². The summed E-state index contributed by atoms with van der Waals surface area (Å²) in [6, 6.07) is 13.3. The molecule has 0 spiro atoms. The number of anilines is 1. The standard InChI is InChI=1S/C17H14F3NO/c1-2-16(12-22,13-6-4-3-5-7-13)21-15-10-8-14(9-11-15)17(18,19)20/h1,3-11,21-22H,12H2/t16-/m0/s1. The number of nitrogens with one attached hydrogen (secondary N) is 1. The van der Waals surface area contributed by atoms with Crippen molar-refractivity contribution in [3.8, 4) is 12.3 Å². The van der Waals surface area contributed by atoms with Gasteiger partial charge in [-0.05, 0) is 29.8 Å². The maximum absolute atomic E-state index is 12.6. The first-order valence-corrected chi connectivity index (χ1v) is 6.51. The number of aliphatic hydroxyl groups excluding tert-OH is 1. The van der Waals surface area contributed by atoms with Crippen LogP contribution in [0.4, 0.5) is 18.9 Å².